The smallest absolute Gasteiger partial charge is 0.343 e. The number of hydrogen-bond donors (Lipinski definition) is 1. The van der Waals surface area contributed by atoms with Crippen LogP contribution in [0.3, 0.4) is 0 Å². The number of aryl methyl sites for hydroxylation is 1. The van der Waals surface area contributed by atoms with Gasteiger partial charge in [0.05, 0.1) is 11.8 Å². The molecule has 0 fully saturated rings. The third kappa shape index (κ3) is 6.04. The summed E-state index contributed by atoms with van der Waals surface area (Å²) in [6.07, 6.45) is 1.50. The Labute approximate surface area is 191 Å². The molecule has 0 aliphatic carbocycles. The molecule has 0 spiro atoms. The van der Waals surface area contributed by atoms with Crippen LogP contribution in [-0.2, 0) is 4.79 Å². The number of nitrogens with zero attached hydrogens (tertiary/aromatic N) is 1. The van der Waals surface area contributed by atoms with Crippen LogP contribution in [0, 0.1) is 6.92 Å². The normalized spacial score (nSPS) is 10.8. The van der Waals surface area contributed by atoms with E-state index in [2.05, 4.69) is 10.5 Å². The second-order valence-corrected chi connectivity index (χ2v) is 7.42. The third-order valence-electron chi connectivity index (χ3n) is 4.87. The van der Waals surface area contributed by atoms with E-state index in [9.17, 15) is 9.59 Å². The minimum absolute atomic E-state index is 0.149. The molecule has 0 saturated heterocycles. The number of ether oxygens (including phenoxy) is 2. The van der Waals surface area contributed by atoms with E-state index in [1.54, 1.807) is 36.4 Å². The summed E-state index contributed by atoms with van der Waals surface area (Å²) in [5.41, 5.74) is 4.73. The van der Waals surface area contributed by atoms with Gasteiger partial charge in [-0.3, -0.25) is 4.79 Å². The fourth-order valence-corrected chi connectivity index (χ4v) is 3.09. The molecule has 4 rings (SSSR count). The minimum atomic E-state index is -0.421. The first-order valence-corrected chi connectivity index (χ1v) is 10.4. The van der Waals surface area contributed by atoms with Gasteiger partial charge in [0, 0.05) is 0 Å². The fourth-order valence-electron chi connectivity index (χ4n) is 3.09. The average Bonchev–Trinajstić information content (AvgIpc) is 2.84. The number of hydrogen-bond acceptors (Lipinski definition) is 5. The number of esters is 1. The second-order valence-electron chi connectivity index (χ2n) is 7.42. The zero-order chi connectivity index (χ0) is 23.0. The summed E-state index contributed by atoms with van der Waals surface area (Å²) in [6, 6.07) is 27.6. The number of carbonyl (C=O) groups excluding carboxylic acids is 2. The number of hydrazone groups is 1. The van der Waals surface area contributed by atoms with Gasteiger partial charge >= 0.3 is 5.97 Å². The molecular weight excluding hydrogens is 416 g/mol. The summed E-state index contributed by atoms with van der Waals surface area (Å²) in [5, 5.41) is 6.09. The molecule has 1 amide bonds. The zero-order valence-electron chi connectivity index (χ0n) is 18.0. The largest absolute Gasteiger partial charge is 0.484 e. The number of fused-ring (bicyclic) bond motifs is 1. The Morgan fingerprint density at radius 2 is 1.55 bits per heavy atom. The minimum Gasteiger partial charge on any atom is -0.484 e. The van der Waals surface area contributed by atoms with E-state index in [0.717, 1.165) is 21.9 Å². The lowest BCUT2D eigenvalue weighted by molar-refractivity contribution is -0.123. The fraction of sp³-hybridized carbons (Fsp3) is 0.0741. The maximum Gasteiger partial charge on any atom is 0.343 e. The predicted molar refractivity (Wildman–Crippen MR) is 128 cm³/mol. The van der Waals surface area contributed by atoms with Crippen LogP contribution >= 0.6 is 0 Å². The molecule has 0 aliphatic heterocycles. The van der Waals surface area contributed by atoms with Crippen molar-refractivity contribution in [2.24, 2.45) is 5.10 Å². The summed E-state index contributed by atoms with van der Waals surface area (Å²) in [4.78, 5) is 24.2. The predicted octanol–water partition coefficient (Wildman–Crippen LogP) is 4.90. The van der Waals surface area contributed by atoms with E-state index in [4.69, 9.17) is 9.47 Å². The standard InChI is InChI=1S/C27H22N2O4/c1-19-6-10-22(11-7-19)27(31)33-24-13-8-20(9-14-24)17-28-29-26(30)18-32-25-15-12-21-4-2-3-5-23(21)16-25/h2-17H,18H2,1H3,(H,29,30)/b28-17-. The number of benzene rings is 4. The molecule has 0 saturated carbocycles. The van der Waals surface area contributed by atoms with Crippen molar-refractivity contribution in [3.63, 3.8) is 0 Å². The summed E-state index contributed by atoms with van der Waals surface area (Å²) in [5.74, 6) is 0.243. The molecule has 0 aromatic heterocycles. The molecule has 0 radical (unpaired) electrons. The van der Waals surface area contributed by atoms with Crippen molar-refractivity contribution in [3.05, 3.63) is 108 Å². The van der Waals surface area contributed by atoms with E-state index in [-0.39, 0.29) is 12.5 Å². The van der Waals surface area contributed by atoms with E-state index >= 15 is 0 Å². The van der Waals surface area contributed by atoms with E-state index < -0.39 is 5.97 Å². The Hall–Kier alpha value is -4.45. The molecule has 6 heteroatoms. The van der Waals surface area contributed by atoms with Crippen molar-refractivity contribution in [1.82, 2.24) is 5.43 Å². The highest BCUT2D eigenvalue weighted by molar-refractivity contribution is 5.91. The van der Waals surface area contributed by atoms with Gasteiger partial charge in [0.25, 0.3) is 5.91 Å². The molecule has 33 heavy (non-hydrogen) atoms. The molecule has 6 nitrogen and oxygen atoms in total. The number of amides is 1. The second kappa shape index (κ2) is 10.2. The molecule has 0 unspecified atom stereocenters. The SMILES string of the molecule is Cc1ccc(C(=O)Oc2ccc(/C=N\NC(=O)COc3ccc4ccccc4c3)cc2)cc1. The van der Waals surface area contributed by atoms with E-state index in [0.29, 0.717) is 17.1 Å². The van der Waals surface area contributed by atoms with Gasteiger partial charge < -0.3 is 9.47 Å². The Balaban J connectivity index is 1.25. The van der Waals surface area contributed by atoms with Crippen molar-refractivity contribution in [2.45, 2.75) is 6.92 Å². The molecule has 4 aromatic rings. The van der Waals surface area contributed by atoms with Crippen molar-refractivity contribution < 1.29 is 19.1 Å². The summed E-state index contributed by atoms with van der Waals surface area (Å²) in [6.45, 7) is 1.80. The van der Waals surface area contributed by atoms with Gasteiger partial charge in [-0.15, -0.1) is 0 Å². The van der Waals surface area contributed by atoms with Gasteiger partial charge in [0.15, 0.2) is 6.61 Å². The van der Waals surface area contributed by atoms with Gasteiger partial charge in [-0.1, -0.05) is 48.0 Å². The zero-order valence-corrected chi connectivity index (χ0v) is 18.0. The van der Waals surface area contributed by atoms with Crippen molar-refractivity contribution in [2.75, 3.05) is 6.61 Å². The van der Waals surface area contributed by atoms with Crippen molar-refractivity contribution >= 4 is 28.9 Å². The van der Waals surface area contributed by atoms with Crippen LogP contribution in [-0.4, -0.2) is 24.7 Å². The van der Waals surface area contributed by atoms with Gasteiger partial charge in [-0.05, 0) is 71.8 Å². The molecular formula is C27H22N2O4. The lowest BCUT2D eigenvalue weighted by Crippen LogP contribution is -2.24. The Kier molecular flexibility index (Phi) is 6.75. The van der Waals surface area contributed by atoms with Crippen LogP contribution < -0.4 is 14.9 Å². The van der Waals surface area contributed by atoms with Crippen LogP contribution in [0.5, 0.6) is 11.5 Å². The molecule has 1 N–H and O–H groups in total. The average molecular weight is 438 g/mol. The highest BCUT2D eigenvalue weighted by atomic mass is 16.5. The third-order valence-corrected chi connectivity index (χ3v) is 4.87. The summed E-state index contributed by atoms with van der Waals surface area (Å²) >= 11 is 0. The lowest BCUT2D eigenvalue weighted by atomic mass is 10.1. The number of rotatable bonds is 7. The van der Waals surface area contributed by atoms with Crippen LogP contribution in [0.15, 0.2) is 96.1 Å². The highest BCUT2D eigenvalue weighted by Crippen LogP contribution is 2.20. The first-order chi connectivity index (χ1) is 16.1. The number of nitrogens with one attached hydrogen (secondary N) is 1. The highest BCUT2D eigenvalue weighted by Gasteiger charge is 2.08. The maximum absolute atomic E-state index is 12.2. The van der Waals surface area contributed by atoms with Gasteiger partial charge in [-0.2, -0.15) is 5.10 Å². The summed E-state index contributed by atoms with van der Waals surface area (Å²) in [7, 11) is 0. The van der Waals surface area contributed by atoms with Crippen LogP contribution in [0.1, 0.15) is 21.5 Å². The molecule has 0 atom stereocenters. The molecule has 4 aromatic carbocycles. The Morgan fingerprint density at radius 1 is 0.848 bits per heavy atom. The Morgan fingerprint density at radius 3 is 2.30 bits per heavy atom. The van der Waals surface area contributed by atoms with Crippen LogP contribution in [0.25, 0.3) is 10.8 Å². The number of carbonyl (C=O) groups is 2. The van der Waals surface area contributed by atoms with Crippen LogP contribution in [0.4, 0.5) is 0 Å². The molecule has 0 aliphatic rings. The summed E-state index contributed by atoms with van der Waals surface area (Å²) < 4.78 is 10.9. The molecule has 164 valence electrons. The lowest BCUT2D eigenvalue weighted by Gasteiger charge is -2.06. The Bertz CT molecular complexity index is 1300. The van der Waals surface area contributed by atoms with E-state index in [1.807, 2.05) is 61.5 Å². The quantitative estimate of drug-likeness (QED) is 0.193. The van der Waals surface area contributed by atoms with Gasteiger partial charge in [0.2, 0.25) is 0 Å². The van der Waals surface area contributed by atoms with E-state index in [1.165, 1.54) is 6.21 Å². The topological polar surface area (TPSA) is 77.0 Å². The maximum atomic E-state index is 12.2. The monoisotopic (exact) mass is 438 g/mol. The first-order valence-electron chi connectivity index (χ1n) is 10.4. The first kappa shape index (κ1) is 21.8. The van der Waals surface area contributed by atoms with Crippen molar-refractivity contribution in [3.8, 4) is 11.5 Å². The van der Waals surface area contributed by atoms with Gasteiger partial charge in [-0.25, -0.2) is 10.2 Å². The van der Waals surface area contributed by atoms with Gasteiger partial charge in [0.1, 0.15) is 11.5 Å². The molecule has 0 bridgehead atoms. The van der Waals surface area contributed by atoms with Crippen molar-refractivity contribution in [1.29, 1.82) is 0 Å². The van der Waals surface area contributed by atoms with Crippen LogP contribution in [0.2, 0.25) is 0 Å². The molecule has 0 heterocycles.